The molecule has 1 aromatic rings. The van der Waals surface area contributed by atoms with E-state index in [0.29, 0.717) is 18.4 Å². The molecule has 2 amide bonds. The number of nitrogens with zero attached hydrogens (tertiary/aromatic N) is 2. The smallest absolute Gasteiger partial charge is 0.326 e. The van der Waals surface area contributed by atoms with Gasteiger partial charge in [0.25, 0.3) is 0 Å². The molecule has 0 spiro atoms. The number of esters is 1. The highest BCUT2D eigenvalue weighted by molar-refractivity contribution is 6.07. The first-order chi connectivity index (χ1) is 12.3. The number of ether oxygens (including phenoxy) is 1. The number of hydrogen-bond donors (Lipinski definition) is 0. The number of carbonyl (C=O) groups excluding carboxylic acids is 4. The number of allylic oxidation sites excluding steroid dienone is 2. The number of fused-ring (bicyclic) bond motifs is 1. The Morgan fingerprint density at radius 2 is 1.69 bits per heavy atom. The van der Waals surface area contributed by atoms with Crippen molar-refractivity contribution in [2.75, 3.05) is 13.2 Å². The second kappa shape index (κ2) is 6.90. The summed E-state index contributed by atoms with van der Waals surface area (Å²) in [5.41, 5.74) is 2.23. The zero-order valence-electron chi connectivity index (χ0n) is 15.2. The molecule has 7 heteroatoms. The SMILES string of the molecule is Cc1cc(C(=O)COC(=O)CN2C(=O)[C@H]3CC=CC[C@@H]3C2=O)c(C)n1C. The zero-order chi connectivity index (χ0) is 19.0. The van der Waals surface area contributed by atoms with Crippen LogP contribution in [-0.2, 0) is 26.2 Å². The van der Waals surface area contributed by atoms with Crippen LogP contribution >= 0.6 is 0 Å². The minimum absolute atomic E-state index is 0.309. The number of aromatic nitrogens is 1. The van der Waals surface area contributed by atoms with Gasteiger partial charge in [0, 0.05) is 24.0 Å². The van der Waals surface area contributed by atoms with E-state index in [-0.39, 0.29) is 29.4 Å². The van der Waals surface area contributed by atoms with Crippen molar-refractivity contribution in [1.29, 1.82) is 0 Å². The lowest BCUT2D eigenvalue weighted by Crippen LogP contribution is -2.37. The van der Waals surface area contributed by atoms with Crippen LogP contribution in [0.15, 0.2) is 18.2 Å². The van der Waals surface area contributed by atoms with Crippen LogP contribution < -0.4 is 0 Å². The molecule has 138 valence electrons. The van der Waals surface area contributed by atoms with Gasteiger partial charge in [0.15, 0.2) is 6.61 Å². The highest BCUT2D eigenvalue weighted by atomic mass is 16.5. The predicted molar refractivity (Wildman–Crippen MR) is 92.3 cm³/mol. The molecule has 0 aromatic carbocycles. The molecule has 2 aliphatic rings. The van der Waals surface area contributed by atoms with Crippen LogP contribution in [0, 0.1) is 25.7 Å². The lowest BCUT2D eigenvalue weighted by atomic mass is 9.85. The Bertz CT molecular complexity index is 794. The predicted octanol–water partition coefficient (Wildman–Crippen LogP) is 1.32. The van der Waals surface area contributed by atoms with Gasteiger partial charge < -0.3 is 9.30 Å². The Hall–Kier alpha value is -2.70. The molecule has 0 bridgehead atoms. The molecule has 0 unspecified atom stereocenters. The van der Waals surface area contributed by atoms with Crippen molar-refractivity contribution in [1.82, 2.24) is 9.47 Å². The van der Waals surface area contributed by atoms with E-state index in [1.807, 2.05) is 37.6 Å². The van der Waals surface area contributed by atoms with Crippen molar-refractivity contribution in [3.63, 3.8) is 0 Å². The van der Waals surface area contributed by atoms with Gasteiger partial charge in [0.1, 0.15) is 6.54 Å². The van der Waals surface area contributed by atoms with Gasteiger partial charge in [0.05, 0.1) is 11.8 Å². The maximum Gasteiger partial charge on any atom is 0.326 e. The Labute approximate surface area is 151 Å². The number of carbonyl (C=O) groups is 4. The number of amides is 2. The summed E-state index contributed by atoms with van der Waals surface area (Å²) in [6, 6.07) is 1.75. The standard InChI is InChI=1S/C19H22N2O5/c1-11-8-15(12(2)20(11)3)16(22)10-26-17(23)9-21-18(24)13-6-4-5-7-14(13)19(21)25/h4-5,8,13-14H,6-7,9-10H2,1-3H3/t13-,14-/m0/s1. The van der Waals surface area contributed by atoms with Gasteiger partial charge in [-0.1, -0.05) is 12.2 Å². The quantitative estimate of drug-likeness (QED) is 0.343. The third-order valence-electron chi connectivity index (χ3n) is 5.33. The number of ketones is 1. The first-order valence-corrected chi connectivity index (χ1v) is 8.63. The molecule has 7 nitrogen and oxygen atoms in total. The van der Waals surface area contributed by atoms with E-state index in [1.165, 1.54) is 0 Å². The molecule has 1 aliphatic carbocycles. The molecular weight excluding hydrogens is 336 g/mol. The van der Waals surface area contributed by atoms with E-state index in [1.54, 1.807) is 6.07 Å². The average Bonchev–Trinajstić information content (AvgIpc) is 3.03. The van der Waals surface area contributed by atoms with Crippen LogP contribution in [0.2, 0.25) is 0 Å². The number of hydrogen-bond acceptors (Lipinski definition) is 5. The monoisotopic (exact) mass is 358 g/mol. The van der Waals surface area contributed by atoms with Gasteiger partial charge in [-0.25, -0.2) is 0 Å². The van der Waals surface area contributed by atoms with Gasteiger partial charge in [-0.15, -0.1) is 0 Å². The molecule has 1 saturated heterocycles. The molecule has 2 heterocycles. The van der Waals surface area contributed by atoms with Crippen LogP contribution in [0.3, 0.4) is 0 Å². The Morgan fingerprint density at radius 3 is 2.19 bits per heavy atom. The van der Waals surface area contributed by atoms with Crippen molar-refractivity contribution < 1.29 is 23.9 Å². The van der Waals surface area contributed by atoms with E-state index >= 15 is 0 Å². The largest absolute Gasteiger partial charge is 0.456 e. The molecule has 2 atom stereocenters. The summed E-state index contributed by atoms with van der Waals surface area (Å²) >= 11 is 0. The fourth-order valence-corrected chi connectivity index (χ4v) is 3.56. The first-order valence-electron chi connectivity index (χ1n) is 8.63. The van der Waals surface area contributed by atoms with E-state index in [9.17, 15) is 19.2 Å². The van der Waals surface area contributed by atoms with Crippen molar-refractivity contribution >= 4 is 23.6 Å². The van der Waals surface area contributed by atoms with Gasteiger partial charge in [0.2, 0.25) is 17.6 Å². The van der Waals surface area contributed by atoms with E-state index < -0.39 is 19.1 Å². The molecule has 3 rings (SSSR count). The molecule has 1 aromatic heterocycles. The third kappa shape index (κ3) is 3.09. The summed E-state index contributed by atoms with van der Waals surface area (Å²) in [7, 11) is 1.85. The summed E-state index contributed by atoms with van der Waals surface area (Å²) in [6.45, 7) is 2.85. The minimum atomic E-state index is -0.753. The van der Waals surface area contributed by atoms with E-state index in [2.05, 4.69) is 0 Å². The fraction of sp³-hybridized carbons (Fsp3) is 0.474. The molecular formula is C19H22N2O5. The zero-order valence-corrected chi connectivity index (χ0v) is 15.2. The summed E-state index contributed by atoms with van der Waals surface area (Å²) < 4.78 is 6.90. The van der Waals surface area contributed by atoms with Gasteiger partial charge >= 0.3 is 5.97 Å². The molecule has 1 aliphatic heterocycles. The van der Waals surface area contributed by atoms with Crippen molar-refractivity contribution in [3.05, 3.63) is 35.2 Å². The average molecular weight is 358 g/mol. The summed E-state index contributed by atoms with van der Waals surface area (Å²) in [4.78, 5) is 49.9. The third-order valence-corrected chi connectivity index (χ3v) is 5.33. The fourth-order valence-electron chi connectivity index (χ4n) is 3.56. The molecule has 0 radical (unpaired) electrons. The Morgan fingerprint density at radius 1 is 1.12 bits per heavy atom. The van der Waals surface area contributed by atoms with Crippen molar-refractivity contribution in [2.24, 2.45) is 18.9 Å². The highest BCUT2D eigenvalue weighted by Gasteiger charge is 2.47. The molecule has 0 saturated carbocycles. The van der Waals surface area contributed by atoms with Gasteiger partial charge in [-0.3, -0.25) is 24.1 Å². The van der Waals surface area contributed by atoms with E-state index in [4.69, 9.17) is 4.74 Å². The van der Waals surface area contributed by atoms with Crippen LogP contribution in [0.5, 0.6) is 0 Å². The Kier molecular flexibility index (Phi) is 4.80. The first kappa shape index (κ1) is 18.1. The topological polar surface area (TPSA) is 85.7 Å². The summed E-state index contributed by atoms with van der Waals surface area (Å²) in [5.74, 6) is -2.48. The van der Waals surface area contributed by atoms with Gasteiger partial charge in [-0.2, -0.15) is 0 Å². The van der Waals surface area contributed by atoms with Crippen LogP contribution in [0.1, 0.15) is 34.6 Å². The van der Waals surface area contributed by atoms with Gasteiger partial charge in [-0.05, 0) is 32.8 Å². The lowest BCUT2D eigenvalue weighted by Gasteiger charge is -2.14. The number of rotatable bonds is 5. The summed E-state index contributed by atoms with van der Waals surface area (Å²) in [5, 5.41) is 0. The number of Topliss-reactive ketones (excluding diaryl/α,β-unsaturated/α-hetero) is 1. The number of imide groups is 1. The van der Waals surface area contributed by atoms with Crippen LogP contribution in [0.25, 0.3) is 0 Å². The number of aryl methyl sites for hydroxylation is 1. The highest BCUT2D eigenvalue weighted by Crippen LogP contribution is 2.34. The van der Waals surface area contributed by atoms with E-state index in [0.717, 1.165) is 16.3 Å². The number of likely N-dealkylation sites (tertiary alicyclic amines) is 1. The molecule has 0 N–H and O–H groups in total. The summed E-state index contributed by atoms with van der Waals surface area (Å²) in [6.07, 6.45) is 4.81. The lowest BCUT2D eigenvalue weighted by molar-refractivity contribution is -0.152. The van der Waals surface area contributed by atoms with Crippen molar-refractivity contribution in [2.45, 2.75) is 26.7 Å². The van der Waals surface area contributed by atoms with Crippen LogP contribution in [0.4, 0.5) is 0 Å². The van der Waals surface area contributed by atoms with Crippen LogP contribution in [-0.4, -0.2) is 46.2 Å². The maximum absolute atomic E-state index is 12.3. The minimum Gasteiger partial charge on any atom is -0.456 e. The maximum atomic E-state index is 12.3. The second-order valence-electron chi connectivity index (χ2n) is 6.85. The molecule has 1 fully saturated rings. The van der Waals surface area contributed by atoms with Crippen molar-refractivity contribution in [3.8, 4) is 0 Å². The second-order valence-corrected chi connectivity index (χ2v) is 6.85. The normalized spacial score (nSPS) is 21.9. The molecule has 26 heavy (non-hydrogen) atoms. The Balaban J connectivity index is 1.58.